The number of para-hydroxylation sites is 1. The zero-order valence-corrected chi connectivity index (χ0v) is 10.1. The molecule has 0 aliphatic carbocycles. The maximum absolute atomic E-state index is 11.3. The lowest BCUT2D eigenvalue weighted by atomic mass is 10.1. The van der Waals surface area contributed by atoms with Crippen molar-refractivity contribution >= 4 is 34.8 Å². The third-order valence-corrected chi connectivity index (χ3v) is 3.92. The van der Waals surface area contributed by atoms with Gasteiger partial charge in [-0.15, -0.1) is 0 Å². The summed E-state index contributed by atoms with van der Waals surface area (Å²) in [5.74, 6) is -1.02. The fraction of sp³-hybridized carbons (Fsp3) is 0. The molecule has 0 spiro atoms. The molecule has 0 fully saturated rings. The predicted octanol–water partition coefficient (Wildman–Crippen LogP) is 3.18. The van der Waals surface area contributed by atoms with Crippen LogP contribution in [-0.2, 0) is 0 Å². The topological polar surface area (TPSA) is 75.4 Å². The van der Waals surface area contributed by atoms with Crippen LogP contribution in [0.5, 0.6) is 0 Å². The molecule has 5 heteroatoms. The largest absolute Gasteiger partial charge is 0.478 e. The van der Waals surface area contributed by atoms with E-state index in [-0.39, 0.29) is 11.3 Å². The van der Waals surface area contributed by atoms with Gasteiger partial charge in [0, 0.05) is 15.5 Å². The van der Waals surface area contributed by atoms with Gasteiger partial charge in [0.15, 0.2) is 0 Å². The standard InChI is InChI=1S/C13H10N2O2S/c14-7-5-6-10-12(11(7)13(16)17)15-8-3-1-2-4-9(8)18-10/h1-6,15H,14H2,(H,16,17). The first-order valence-corrected chi connectivity index (χ1v) is 6.18. The summed E-state index contributed by atoms with van der Waals surface area (Å²) in [5.41, 5.74) is 7.62. The van der Waals surface area contributed by atoms with Crippen molar-refractivity contribution < 1.29 is 9.90 Å². The van der Waals surface area contributed by atoms with Gasteiger partial charge < -0.3 is 16.2 Å². The first-order valence-electron chi connectivity index (χ1n) is 5.36. The van der Waals surface area contributed by atoms with E-state index in [1.54, 1.807) is 17.8 Å². The number of aromatic carboxylic acids is 1. The van der Waals surface area contributed by atoms with Gasteiger partial charge in [-0.1, -0.05) is 23.9 Å². The highest BCUT2D eigenvalue weighted by Crippen LogP contribution is 2.46. The number of hydrogen-bond acceptors (Lipinski definition) is 4. The minimum atomic E-state index is -1.02. The van der Waals surface area contributed by atoms with Crippen molar-refractivity contribution in [2.75, 3.05) is 11.1 Å². The van der Waals surface area contributed by atoms with Gasteiger partial charge in [-0.25, -0.2) is 4.79 Å². The van der Waals surface area contributed by atoms with Gasteiger partial charge >= 0.3 is 5.97 Å². The van der Waals surface area contributed by atoms with Gasteiger partial charge in [-0.2, -0.15) is 0 Å². The second-order valence-electron chi connectivity index (χ2n) is 3.93. The lowest BCUT2D eigenvalue weighted by molar-refractivity contribution is 0.0699. The second kappa shape index (κ2) is 3.96. The summed E-state index contributed by atoms with van der Waals surface area (Å²) in [7, 11) is 0. The third kappa shape index (κ3) is 1.60. The number of hydrogen-bond donors (Lipinski definition) is 3. The number of carboxylic acid groups (broad SMARTS) is 1. The number of anilines is 3. The van der Waals surface area contributed by atoms with Crippen LogP contribution in [0, 0.1) is 0 Å². The van der Waals surface area contributed by atoms with E-state index in [1.807, 2.05) is 30.3 Å². The number of nitrogens with two attached hydrogens (primary N) is 1. The molecule has 0 unspecified atom stereocenters. The van der Waals surface area contributed by atoms with Crippen LogP contribution in [0.3, 0.4) is 0 Å². The van der Waals surface area contributed by atoms with Crippen LogP contribution in [0.25, 0.3) is 0 Å². The maximum Gasteiger partial charge on any atom is 0.339 e. The Kier molecular flexibility index (Phi) is 2.41. The summed E-state index contributed by atoms with van der Waals surface area (Å²) in [5, 5.41) is 12.4. The monoisotopic (exact) mass is 258 g/mol. The van der Waals surface area contributed by atoms with Crippen LogP contribution in [0.1, 0.15) is 10.4 Å². The number of benzene rings is 2. The summed E-state index contributed by atoms with van der Waals surface area (Å²) in [4.78, 5) is 13.2. The Balaban J connectivity index is 2.19. The molecular formula is C13H10N2O2S. The van der Waals surface area contributed by atoms with Crippen LogP contribution in [0.4, 0.5) is 17.1 Å². The number of nitrogens with one attached hydrogen (secondary N) is 1. The number of nitrogen functional groups attached to an aromatic ring is 1. The molecule has 0 atom stereocenters. The van der Waals surface area contributed by atoms with Crippen molar-refractivity contribution in [2.24, 2.45) is 0 Å². The molecule has 4 nitrogen and oxygen atoms in total. The van der Waals surface area contributed by atoms with E-state index in [1.165, 1.54) is 0 Å². The maximum atomic E-state index is 11.3. The Hall–Kier alpha value is -2.14. The highest BCUT2D eigenvalue weighted by Gasteiger charge is 2.23. The Morgan fingerprint density at radius 3 is 2.72 bits per heavy atom. The molecule has 0 aromatic heterocycles. The smallest absolute Gasteiger partial charge is 0.339 e. The molecule has 1 heterocycles. The van der Waals surface area contributed by atoms with Crippen LogP contribution >= 0.6 is 11.8 Å². The molecule has 90 valence electrons. The third-order valence-electron chi connectivity index (χ3n) is 2.78. The zero-order chi connectivity index (χ0) is 12.7. The van der Waals surface area contributed by atoms with Gasteiger partial charge in [0.2, 0.25) is 0 Å². The quantitative estimate of drug-likeness (QED) is 0.584. The molecule has 0 saturated carbocycles. The summed E-state index contributed by atoms with van der Waals surface area (Å²) >= 11 is 1.54. The van der Waals surface area contributed by atoms with E-state index in [2.05, 4.69) is 5.32 Å². The molecule has 0 bridgehead atoms. The summed E-state index contributed by atoms with van der Waals surface area (Å²) < 4.78 is 0. The summed E-state index contributed by atoms with van der Waals surface area (Å²) in [6, 6.07) is 11.2. The van der Waals surface area contributed by atoms with Crippen molar-refractivity contribution in [3.05, 3.63) is 42.0 Å². The van der Waals surface area contributed by atoms with E-state index in [4.69, 9.17) is 5.73 Å². The fourth-order valence-electron chi connectivity index (χ4n) is 1.95. The average Bonchev–Trinajstić information content (AvgIpc) is 2.36. The zero-order valence-electron chi connectivity index (χ0n) is 9.31. The molecule has 0 saturated heterocycles. The number of rotatable bonds is 1. The van der Waals surface area contributed by atoms with E-state index in [9.17, 15) is 9.90 Å². The Labute approximate surface area is 108 Å². The molecule has 0 amide bonds. The van der Waals surface area contributed by atoms with Gasteiger partial charge in [0.1, 0.15) is 5.56 Å². The Bertz CT molecular complexity index is 655. The highest BCUT2D eigenvalue weighted by molar-refractivity contribution is 7.99. The van der Waals surface area contributed by atoms with Gasteiger partial charge in [-0.05, 0) is 24.3 Å². The van der Waals surface area contributed by atoms with Crippen LogP contribution in [0.15, 0.2) is 46.2 Å². The summed E-state index contributed by atoms with van der Waals surface area (Å²) in [6.45, 7) is 0. The molecule has 18 heavy (non-hydrogen) atoms. The average molecular weight is 258 g/mol. The predicted molar refractivity (Wildman–Crippen MR) is 71.7 cm³/mol. The lowest BCUT2D eigenvalue weighted by Crippen LogP contribution is -2.10. The van der Waals surface area contributed by atoms with E-state index < -0.39 is 5.97 Å². The minimum absolute atomic E-state index is 0.134. The second-order valence-corrected chi connectivity index (χ2v) is 5.02. The Morgan fingerprint density at radius 1 is 1.17 bits per heavy atom. The molecule has 1 aliphatic heterocycles. The molecule has 2 aromatic rings. The molecule has 1 aliphatic rings. The van der Waals surface area contributed by atoms with E-state index in [0.717, 1.165) is 15.5 Å². The van der Waals surface area contributed by atoms with Crippen LogP contribution < -0.4 is 11.1 Å². The van der Waals surface area contributed by atoms with Gasteiger partial charge in [0.25, 0.3) is 0 Å². The van der Waals surface area contributed by atoms with E-state index in [0.29, 0.717) is 5.69 Å². The number of carboxylic acids is 1. The van der Waals surface area contributed by atoms with Crippen molar-refractivity contribution in [3.8, 4) is 0 Å². The SMILES string of the molecule is Nc1ccc2c(c1C(=O)O)Nc1ccccc1S2. The van der Waals surface area contributed by atoms with Gasteiger partial charge in [0.05, 0.1) is 11.4 Å². The Morgan fingerprint density at radius 2 is 1.94 bits per heavy atom. The van der Waals surface area contributed by atoms with Crippen molar-refractivity contribution in [1.82, 2.24) is 0 Å². The highest BCUT2D eigenvalue weighted by atomic mass is 32.2. The number of carbonyl (C=O) groups is 1. The van der Waals surface area contributed by atoms with E-state index >= 15 is 0 Å². The van der Waals surface area contributed by atoms with Crippen molar-refractivity contribution in [1.29, 1.82) is 0 Å². The van der Waals surface area contributed by atoms with Gasteiger partial charge in [-0.3, -0.25) is 0 Å². The fourth-order valence-corrected chi connectivity index (χ4v) is 2.96. The van der Waals surface area contributed by atoms with Crippen molar-refractivity contribution in [2.45, 2.75) is 9.79 Å². The van der Waals surface area contributed by atoms with Crippen LogP contribution in [0.2, 0.25) is 0 Å². The molecular weight excluding hydrogens is 248 g/mol. The number of fused-ring (bicyclic) bond motifs is 2. The first kappa shape index (κ1) is 11.0. The first-order chi connectivity index (χ1) is 8.66. The minimum Gasteiger partial charge on any atom is -0.478 e. The van der Waals surface area contributed by atoms with Crippen molar-refractivity contribution in [3.63, 3.8) is 0 Å². The molecule has 3 rings (SSSR count). The van der Waals surface area contributed by atoms with Crippen LogP contribution in [-0.4, -0.2) is 11.1 Å². The molecule has 4 N–H and O–H groups in total. The normalized spacial score (nSPS) is 12.2. The molecule has 0 radical (unpaired) electrons. The molecule has 2 aromatic carbocycles. The lowest BCUT2D eigenvalue weighted by Gasteiger charge is -2.22. The summed E-state index contributed by atoms with van der Waals surface area (Å²) in [6.07, 6.45) is 0.